The first-order valence-electron chi connectivity index (χ1n) is 15.6. The minimum absolute atomic E-state index is 0.0841. The zero-order valence-electron chi connectivity index (χ0n) is 28.3. The van der Waals surface area contributed by atoms with E-state index in [1.807, 2.05) is 14.1 Å². The van der Waals surface area contributed by atoms with Crippen LogP contribution in [-0.4, -0.2) is 91.4 Å². The van der Waals surface area contributed by atoms with Gasteiger partial charge in [-0.1, -0.05) is 6.58 Å². The van der Waals surface area contributed by atoms with Crippen LogP contribution in [-0.2, 0) is 17.5 Å². The Hall–Kier alpha value is -5.26. The van der Waals surface area contributed by atoms with Crippen molar-refractivity contribution in [1.29, 1.82) is 0 Å². The molecule has 2 atom stereocenters. The third-order valence-corrected chi connectivity index (χ3v) is 8.76. The number of hydrogen-bond donors (Lipinski definition) is 2. The van der Waals surface area contributed by atoms with E-state index in [1.165, 1.54) is 13.3 Å². The molecule has 18 heteroatoms. The van der Waals surface area contributed by atoms with Crippen LogP contribution in [0.4, 0.5) is 65.7 Å². The molecule has 3 aromatic rings. The summed E-state index contributed by atoms with van der Waals surface area (Å²) in [5.74, 6) is -1.12. The number of amides is 3. The first-order chi connectivity index (χ1) is 24.0. The molecule has 274 valence electrons. The molecule has 12 nitrogen and oxygen atoms in total. The summed E-state index contributed by atoms with van der Waals surface area (Å²) in [5, 5.41) is 5.80. The fourth-order valence-electron chi connectivity index (χ4n) is 5.88. The molecule has 2 aromatic carbocycles. The van der Waals surface area contributed by atoms with Gasteiger partial charge in [0.2, 0.25) is 11.9 Å². The molecule has 51 heavy (non-hydrogen) atoms. The van der Waals surface area contributed by atoms with E-state index in [4.69, 9.17) is 9.47 Å². The highest BCUT2D eigenvalue weighted by Crippen LogP contribution is 2.44. The monoisotopic (exact) mass is 722 g/mol. The molecule has 0 spiro atoms. The van der Waals surface area contributed by atoms with Gasteiger partial charge in [0.15, 0.2) is 5.82 Å². The number of alkyl halides is 6. The van der Waals surface area contributed by atoms with Crippen LogP contribution >= 0.6 is 0 Å². The van der Waals surface area contributed by atoms with Gasteiger partial charge in [0, 0.05) is 43.0 Å². The van der Waals surface area contributed by atoms with Crippen molar-refractivity contribution >= 4 is 46.5 Å². The second-order valence-electron chi connectivity index (χ2n) is 12.1. The highest BCUT2D eigenvalue weighted by Gasteiger charge is 2.47. The number of carbonyl (C=O) groups excluding carboxylic acids is 2. The summed E-state index contributed by atoms with van der Waals surface area (Å²) in [4.78, 5) is 40.4. The SMILES string of the molecule is C=CC(=O)Nc1cc(Nc2ncc3c(n2)N(c2ccc(C(F)(F)F)c(OC)c2)C(=O)N([C@@H](C)C(F)(F)F)C3)c(OC)cc1N1CC[C@@H](N(C)C)C1. The van der Waals surface area contributed by atoms with Crippen molar-refractivity contribution in [3.8, 4) is 11.5 Å². The second-order valence-corrected chi connectivity index (χ2v) is 12.1. The number of nitrogens with one attached hydrogen (secondary N) is 2. The molecule has 1 aromatic heterocycles. The third kappa shape index (κ3) is 7.59. The molecule has 0 radical (unpaired) electrons. The fourth-order valence-corrected chi connectivity index (χ4v) is 5.88. The average Bonchev–Trinajstić information content (AvgIpc) is 3.57. The van der Waals surface area contributed by atoms with Crippen LogP contribution < -0.4 is 29.9 Å². The van der Waals surface area contributed by atoms with Gasteiger partial charge >= 0.3 is 18.4 Å². The van der Waals surface area contributed by atoms with Crippen molar-refractivity contribution < 1.29 is 45.4 Å². The minimum Gasteiger partial charge on any atom is -0.496 e. The number of aromatic nitrogens is 2. The van der Waals surface area contributed by atoms with Gasteiger partial charge in [-0.25, -0.2) is 14.7 Å². The molecule has 0 bridgehead atoms. The van der Waals surface area contributed by atoms with Crippen LogP contribution in [0.2, 0.25) is 0 Å². The number of rotatable bonds is 10. The third-order valence-electron chi connectivity index (χ3n) is 8.76. The number of fused-ring (bicyclic) bond motifs is 1. The molecule has 2 aliphatic rings. The first-order valence-corrected chi connectivity index (χ1v) is 15.6. The van der Waals surface area contributed by atoms with Gasteiger partial charge in [0.25, 0.3) is 0 Å². The quantitative estimate of drug-likeness (QED) is 0.178. The zero-order chi connectivity index (χ0) is 37.4. The Bertz CT molecular complexity index is 1820. The van der Waals surface area contributed by atoms with E-state index in [0.717, 1.165) is 43.6 Å². The summed E-state index contributed by atoms with van der Waals surface area (Å²) in [7, 11) is 6.40. The maximum atomic E-state index is 13.9. The number of anilines is 6. The summed E-state index contributed by atoms with van der Waals surface area (Å²) in [6.07, 6.45) is -6.42. The Labute approximate surface area is 289 Å². The summed E-state index contributed by atoms with van der Waals surface area (Å²) < 4.78 is 93.2. The van der Waals surface area contributed by atoms with E-state index in [9.17, 15) is 35.9 Å². The molecule has 2 aliphatic heterocycles. The summed E-state index contributed by atoms with van der Waals surface area (Å²) in [6.45, 7) is 5.16. The van der Waals surface area contributed by atoms with E-state index in [2.05, 4.69) is 37.0 Å². The normalized spacial score (nSPS) is 17.0. The van der Waals surface area contributed by atoms with Gasteiger partial charge in [0.1, 0.15) is 17.5 Å². The molecule has 5 rings (SSSR count). The van der Waals surface area contributed by atoms with Crippen molar-refractivity contribution in [3.63, 3.8) is 0 Å². The van der Waals surface area contributed by atoms with Gasteiger partial charge in [0.05, 0.1) is 49.1 Å². The Morgan fingerprint density at radius 3 is 2.37 bits per heavy atom. The van der Waals surface area contributed by atoms with Crippen molar-refractivity contribution in [2.75, 3.05) is 61.8 Å². The van der Waals surface area contributed by atoms with Gasteiger partial charge in [-0.2, -0.15) is 31.3 Å². The molecular formula is C33H36F6N8O4. The highest BCUT2D eigenvalue weighted by molar-refractivity contribution is 6.03. The van der Waals surface area contributed by atoms with Crippen molar-refractivity contribution in [3.05, 3.63) is 60.3 Å². The van der Waals surface area contributed by atoms with E-state index in [-0.39, 0.29) is 34.7 Å². The van der Waals surface area contributed by atoms with Crippen LogP contribution in [0.5, 0.6) is 11.5 Å². The number of nitrogens with zero attached hydrogens (tertiary/aromatic N) is 6. The van der Waals surface area contributed by atoms with Gasteiger partial charge in [-0.15, -0.1) is 0 Å². The van der Waals surface area contributed by atoms with Gasteiger partial charge < -0.3 is 34.8 Å². The second kappa shape index (κ2) is 14.2. The topological polar surface area (TPSA) is 115 Å². The zero-order valence-corrected chi connectivity index (χ0v) is 28.3. The van der Waals surface area contributed by atoms with Crippen molar-refractivity contribution in [2.45, 2.75) is 44.3 Å². The van der Waals surface area contributed by atoms with E-state index < -0.39 is 48.2 Å². The van der Waals surface area contributed by atoms with E-state index in [0.29, 0.717) is 41.2 Å². The number of carbonyl (C=O) groups is 2. The fraction of sp³-hybridized carbons (Fsp3) is 0.394. The number of hydrogen-bond acceptors (Lipinski definition) is 9. The summed E-state index contributed by atoms with van der Waals surface area (Å²) in [6, 6.07) is 2.65. The number of ether oxygens (including phenoxy) is 2. The summed E-state index contributed by atoms with van der Waals surface area (Å²) >= 11 is 0. The molecule has 0 saturated carbocycles. The van der Waals surface area contributed by atoms with Crippen LogP contribution in [0.1, 0.15) is 24.5 Å². The Morgan fingerprint density at radius 2 is 1.78 bits per heavy atom. The smallest absolute Gasteiger partial charge is 0.419 e. The largest absolute Gasteiger partial charge is 0.496 e. The van der Waals surface area contributed by atoms with Crippen LogP contribution in [0.3, 0.4) is 0 Å². The number of urea groups is 1. The molecular weight excluding hydrogens is 686 g/mol. The molecule has 0 unspecified atom stereocenters. The van der Waals surface area contributed by atoms with E-state index >= 15 is 0 Å². The van der Waals surface area contributed by atoms with Crippen molar-refractivity contribution in [1.82, 2.24) is 19.8 Å². The lowest BCUT2D eigenvalue weighted by Crippen LogP contribution is -2.53. The van der Waals surface area contributed by atoms with Crippen LogP contribution in [0, 0.1) is 0 Å². The lowest BCUT2D eigenvalue weighted by Gasteiger charge is -2.39. The number of benzene rings is 2. The Kier molecular flexibility index (Phi) is 10.3. The molecule has 1 saturated heterocycles. The molecule has 2 N–H and O–H groups in total. The summed E-state index contributed by atoms with van der Waals surface area (Å²) in [5.41, 5.74) is 0.0704. The average molecular weight is 723 g/mol. The standard InChI is InChI=1S/C33H36F6N8O4/c1-7-28(48)41-23-13-24(27(51-6)14-25(23)45-11-10-21(17-45)44(3)4)42-30-40-15-19-16-46(18(2)32(34,35)36)31(49)47(29(19)43-30)20-8-9-22(33(37,38)39)26(12-20)50-5/h7-9,12-15,18,21H,1,10-11,16-17H2,2-6H3,(H,41,48)(H,40,42,43)/t18-,21+/m0/s1. The van der Waals surface area contributed by atoms with Crippen LogP contribution in [0.15, 0.2) is 49.2 Å². The molecule has 3 heterocycles. The number of likely N-dealkylation sites (N-methyl/N-ethyl adjacent to an activating group) is 1. The lowest BCUT2D eigenvalue weighted by atomic mass is 10.1. The minimum atomic E-state index is -4.82. The molecule has 0 aliphatic carbocycles. The molecule has 3 amide bonds. The van der Waals surface area contributed by atoms with Crippen molar-refractivity contribution in [2.24, 2.45) is 0 Å². The lowest BCUT2D eigenvalue weighted by molar-refractivity contribution is -0.172. The predicted octanol–water partition coefficient (Wildman–Crippen LogP) is 6.55. The first kappa shape index (κ1) is 37.0. The Balaban J connectivity index is 1.59. The number of methoxy groups -OCH3 is 2. The maximum Gasteiger partial charge on any atom is 0.419 e. The number of halogens is 6. The Morgan fingerprint density at radius 1 is 1.08 bits per heavy atom. The van der Waals surface area contributed by atoms with Gasteiger partial charge in [-0.3, -0.25) is 4.79 Å². The van der Waals surface area contributed by atoms with Gasteiger partial charge in [-0.05, 0) is 51.7 Å². The predicted molar refractivity (Wildman–Crippen MR) is 178 cm³/mol. The van der Waals surface area contributed by atoms with Crippen LogP contribution in [0.25, 0.3) is 0 Å². The highest BCUT2D eigenvalue weighted by atomic mass is 19.4. The molecule has 1 fully saturated rings. The van der Waals surface area contributed by atoms with E-state index in [1.54, 1.807) is 12.1 Å². The maximum absolute atomic E-state index is 13.9.